The van der Waals surface area contributed by atoms with Gasteiger partial charge in [-0.3, -0.25) is 4.79 Å². The van der Waals surface area contributed by atoms with Gasteiger partial charge in [-0.15, -0.1) is 11.8 Å². The molecule has 26 heavy (non-hydrogen) atoms. The van der Waals surface area contributed by atoms with Crippen LogP contribution in [0.5, 0.6) is 0 Å². The van der Waals surface area contributed by atoms with E-state index in [-0.39, 0.29) is 5.91 Å². The lowest BCUT2D eigenvalue weighted by Crippen LogP contribution is -2.26. The van der Waals surface area contributed by atoms with E-state index in [2.05, 4.69) is 11.2 Å². The zero-order valence-electron chi connectivity index (χ0n) is 14.4. The third-order valence-electron chi connectivity index (χ3n) is 3.83. The van der Waals surface area contributed by atoms with Crippen LogP contribution in [-0.4, -0.2) is 33.4 Å². The first-order valence-corrected chi connectivity index (χ1v) is 9.11. The van der Waals surface area contributed by atoms with E-state index < -0.39 is 0 Å². The van der Waals surface area contributed by atoms with Crippen LogP contribution in [0.3, 0.4) is 0 Å². The van der Waals surface area contributed by atoms with Crippen molar-refractivity contribution in [3.05, 3.63) is 78.1 Å². The van der Waals surface area contributed by atoms with E-state index in [4.69, 9.17) is 5.26 Å². The monoisotopic (exact) mass is 362 g/mol. The lowest BCUT2D eigenvalue weighted by atomic mass is 10.2. The van der Waals surface area contributed by atoms with Gasteiger partial charge in [-0.05, 0) is 24.3 Å². The zero-order valence-corrected chi connectivity index (χ0v) is 15.2. The molecule has 0 unspecified atom stereocenters. The minimum atomic E-state index is -0.0708. The molecule has 1 aromatic heterocycles. The van der Waals surface area contributed by atoms with E-state index in [1.807, 2.05) is 54.7 Å². The van der Waals surface area contributed by atoms with Crippen molar-refractivity contribution >= 4 is 17.7 Å². The van der Waals surface area contributed by atoms with Gasteiger partial charge in [0.1, 0.15) is 0 Å². The summed E-state index contributed by atoms with van der Waals surface area (Å²) in [6.45, 7) is 0.461. The molecule has 0 aliphatic heterocycles. The molecule has 0 N–H and O–H groups in total. The topological polar surface area (TPSA) is 61.9 Å². The molecular formula is C20H18N4OS. The van der Waals surface area contributed by atoms with Crippen molar-refractivity contribution < 1.29 is 4.79 Å². The van der Waals surface area contributed by atoms with Gasteiger partial charge in [0.15, 0.2) is 0 Å². The molecule has 0 fully saturated rings. The van der Waals surface area contributed by atoms with E-state index in [1.54, 1.807) is 28.9 Å². The third kappa shape index (κ3) is 4.13. The third-order valence-corrected chi connectivity index (χ3v) is 4.77. The van der Waals surface area contributed by atoms with Crippen molar-refractivity contribution in [3.8, 4) is 11.8 Å². The van der Waals surface area contributed by atoms with Crippen molar-refractivity contribution in [1.82, 2.24) is 14.7 Å². The lowest BCUT2D eigenvalue weighted by molar-refractivity contribution is 0.0781. The standard InChI is InChI=1S/C20H18N4OS/c1-23(20(25)18-9-5-6-10-19(18)26-12-11-21)14-16-13-22-24(15-16)17-7-3-2-4-8-17/h2-10,13,15H,12,14H2,1H3. The SMILES string of the molecule is CN(Cc1cnn(-c2ccccc2)c1)C(=O)c1ccccc1SCC#N. The normalized spacial score (nSPS) is 10.3. The molecule has 0 radical (unpaired) electrons. The number of rotatable bonds is 6. The number of aromatic nitrogens is 2. The highest BCUT2D eigenvalue weighted by Gasteiger charge is 2.16. The number of hydrogen-bond acceptors (Lipinski definition) is 4. The number of hydrogen-bond donors (Lipinski definition) is 0. The average molecular weight is 362 g/mol. The fourth-order valence-corrected chi connectivity index (χ4v) is 3.30. The molecular weight excluding hydrogens is 344 g/mol. The molecule has 130 valence electrons. The second-order valence-electron chi connectivity index (χ2n) is 5.73. The fraction of sp³-hybridized carbons (Fsp3) is 0.150. The minimum Gasteiger partial charge on any atom is -0.337 e. The largest absolute Gasteiger partial charge is 0.337 e. The number of amides is 1. The molecule has 0 atom stereocenters. The number of thioether (sulfide) groups is 1. The second-order valence-corrected chi connectivity index (χ2v) is 6.75. The molecule has 0 saturated heterocycles. The highest BCUT2D eigenvalue weighted by atomic mass is 32.2. The Hall–Kier alpha value is -3.04. The molecule has 1 amide bonds. The Morgan fingerprint density at radius 2 is 1.92 bits per heavy atom. The summed E-state index contributed by atoms with van der Waals surface area (Å²) >= 11 is 1.38. The van der Waals surface area contributed by atoms with E-state index >= 15 is 0 Å². The summed E-state index contributed by atoms with van der Waals surface area (Å²) in [4.78, 5) is 15.3. The number of para-hydroxylation sites is 1. The van der Waals surface area contributed by atoms with Gasteiger partial charge in [0.2, 0.25) is 0 Å². The quantitative estimate of drug-likeness (QED) is 0.627. The van der Waals surface area contributed by atoms with Crippen LogP contribution in [-0.2, 0) is 6.54 Å². The highest BCUT2D eigenvalue weighted by molar-refractivity contribution is 7.99. The van der Waals surface area contributed by atoms with E-state index in [9.17, 15) is 4.79 Å². The predicted octanol–water partition coefficient (Wildman–Crippen LogP) is 3.76. The molecule has 0 spiro atoms. The highest BCUT2D eigenvalue weighted by Crippen LogP contribution is 2.23. The maximum atomic E-state index is 12.8. The number of carbonyl (C=O) groups excluding carboxylic acids is 1. The molecule has 0 aliphatic rings. The van der Waals surface area contributed by atoms with Gasteiger partial charge >= 0.3 is 0 Å². The predicted molar refractivity (Wildman–Crippen MR) is 102 cm³/mol. The summed E-state index contributed by atoms with van der Waals surface area (Å²) in [6.07, 6.45) is 3.70. The van der Waals surface area contributed by atoms with Gasteiger partial charge in [0.25, 0.3) is 5.91 Å². The molecule has 0 bridgehead atoms. The van der Waals surface area contributed by atoms with Crippen LogP contribution in [0.15, 0.2) is 71.9 Å². The smallest absolute Gasteiger partial charge is 0.255 e. The molecule has 3 aromatic rings. The van der Waals surface area contributed by atoms with Gasteiger partial charge < -0.3 is 4.90 Å². The Kier molecular flexibility index (Phi) is 5.72. The Bertz CT molecular complexity index is 930. The van der Waals surface area contributed by atoms with Crippen LogP contribution in [0.25, 0.3) is 5.69 Å². The molecule has 1 heterocycles. The molecule has 3 rings (SSSR count). The number of nitriles is 1. The van der Waals surface area contributed by atoms with Crippen molar-refractivity contribution in [3.63, 3.8) is 0 Å². The van der Waals surface area contributed by atoms with E-state index in [0.29, 0.717) is 17.9 Å². The van der Waals surface area contributed by atoms with Crippen molar-refractivity contribution in [2.45, 2.75) is 11.4 Å². The summed E-state index contributed by atoms with van der Waals surface area (Å²) in [5.41, 5.74) is 2.54. The number of carbonyl (C=O) groups is 1. The van der Waals surface area contributed by atoms with Gasteiger partial charge in [0.05, 0.1) is 29.3 Å². The fourth-order valence-electron chi connectivity index (χ4n) is 2.59. The summed E-state index contributed by atoms with van der Waals surface area (Å²) in [5.74, 6) is 0.246. The molecule has 2 aromatic carbocycles. The maximum Gasteiger partial charge on any atom is 0.255 e. The van der Waals surface area contributed by atoms with Crippen molar-refractivity contribution in [2.75, 3.05) is 12.8 Å². The Balaban J connectivity index is 1.73. The molecule has 0 aliphatic carbocycles. The van der Waals surface area contributed by atoms with E-state index in [1.165, 1.54) is 11.8 Å². The van der Waals surface area contributed by atoms with Gasteiger partial charge in [-0.2, -0.15) is 10.4 Å². The summed E-state index contributed by atoms with van der Waals surface area (Å²) in [6, 6.07) is 19.3. The van der Waals surface area contributed by atoms with Crippen LogP contribution >= 0.6 is 11.8 Å². The van der Waals surface area contributed by atoms with Crippen molar-refractivity contribution in [1.29, 1.82) is 5.26 Å². The first kappa shape index (κ1) is 17.8. The zero-order chi connectivity index (χ0) is 18.4. The second kappa shape index (κ2) is 8.37. The van der Waals surface area contributed by atoms with Crippen LogP contribution in [0.2, 0.25) is 0 Å². The number of benzene rings is 2. The Morgan fingerprint density at radius 3 is 2.69 bits per heavy atom. The number of nitrogens with zero attached hydrogens (tertiary/aromatic N) is 4. The summed E-state index contributed by atoms with van der Waals surface area (Å²) in [5, 5.41) is 13.2. The van der Waals surface area contributed by atoms with Crippen LogP contribution in [0, 0.1) is 11.3 Å². The lowest BCUT2D eigenvalue weighted by Gasteiger charge is -2.18. The molecule has 5 nitrogen and oxygen atoms in total. The van der Waals surface area contributed by atoms with Gasteiger partial charge in [-0.1, -0.05) is 30.3 Å². The van der Waals surface area contributed by atoms with Crippen LogP contribution in [0.4, 0.5) is 0 Å². The maximum absolute atomic E-state index is 12.8. The first-order chi connectivity index (χ1) is 12.7. The van der Waals surface area contributed by atoms with Gasteiger partial charge in [-0.25, -0.2) is 4.68 Å². The average Bonchev–Trinajstić information content (AvgIpc) is 3.15. The Labute approximate surface area is 156 Å². The summed E-state index contributed by atoms with van der Waals surface area (Å²) in [7, 11) is 1.77. The Morgan fingerprint density at radius 1 is 1.19 bits per heavy atom. The molecule has 0 saturated carbocycles. The van der Waals surface area contributed by atoms with Gasteiger partial charge in [0, 0.05) is 30.2 Å². The minimum absolute atomic E-state index is 0.0708. The first-order valence-electron chi connectivity index (χ1n) is 8.12. The van der Waals surface area contributed by atoms with E-state index in [0.717, 1.165) is 16.1 Å². The van der Waals surface area contributed by atoms with Crippen LogP contribution < -0.4 is 0 Å². The summed E-state index contributed by atoms with van der Waals surface area (Å²) < 4.78 is 1.80. The van der Waals surface area contributed by atoms with Crippen molar-refractivity contribution in [2.24, 2.45) is 0 Å². The molecule has 6 heteroatoms. The van der Waals surface area contributed by atoms with Crippen LogP contribution in [0.1, 0.15) is 15.9 Å².